The van der Waals surface area contributed by atoms with E-state index < -0.39 is 5.82 Å². The van der Waals surface area contributed by atoms with Gasteiger partial charge in [-0.3, -0.25) is 9.69 Å². The van der Waals surface area contributed by atoms with Gasteiger partial charge in [0.05, 0.1) is 24.1 Å². The molecule has 0 bridgehead atoms. The molecule has 2 aromatic carbocycles. The van der Waals surface area contributed by atoms with Crippen LogP contribution < -0.4 is 9.64 Å². The summed E-state index contributed by atoms with van der Waals surface area (Å²) in [4.78, 5) is 17.0. The number of hydrogen-bond donors (Lipinski definition) is 0. The number of fused-ring (bicyclic) bond motifs is 1. The number of ether oxygens (including phenoxy) is 1. The van der Waals surface area contributed by atoms with Gasteiger partial charge in [-0.1, -0.05) is 18.2 Å². The second kappa shape index (κ2) is 5.92. The van der Waals surface area contributed by atoms with Crippen molar-refractivity contribution in [1.82, 2.24) is 4.90 Å². The molecule has 4 rings (SSSR count). The number of nitrogens with zero attached hydrogens (tertiary/aromatic N) is 2. The Balaban J connectivity index is 1.88. The van der Waals surface area contributed by atoms with E-state index in [1.807, 2.05) is 31.3 Å². The first-order valence-corrected chi connectivity index (χ1v) is 8.33. The molecule has 1 saturated heterocycles. The minimum Gasteiger partial charge on any atom is -0.494 e. The highest BCUT2D eigenvalue weighted by Crippen LogP contribution is 2.45. The van der Waals surface area contributed by atoms with Crippen molar-refractivity contribution in [2.24, 2.45) is 0 Å². The largest absolute Gasteiger partial charge is 0.494 e. The van der Waals surface area contributed by atoms with E-state index in [2.05, 4.69) is 4.90 Å². The van der Waals surface area contributed by atoms with Gasteiger partial charge in [-0.25, -0.2) is 4.39 Å². The highest BCUT2D eigenvalue weighted by atomic mass is 19.1. The molecule has 0 N–H and O–H groups in total. The number of methoxy groups -OCH3 is 1. The Morgan fingerprint density at radius 3 is 2.64 bits per heavy atom. The molecular weight excluding hydrogens is 319 g/mol. The molecule has 2 aliphatic rings. The third-order valence-corrected chi connectivity index (χ3v) is 4.88. The Kier molecular flexibility index (Phi) is 3.71. The molecule has 0 aromatic heterocycles. The number of anilines is 2. The first kappa shape index (κ1) is 15.7. The number of hydrogen-bond acceptors (Lipinski definition) is 3. The van der Waals surface area contributed by atoms with Crippen LogP contribution in [0.5, 0.6) is 5.75 Å². The predicted molar refractivity (Wildman–Crippen MR) is 95.3 cm³/mol. The Hall–Kier alpha value is -2.82. The number of benzene rings is 2. The van der Waals surface area contributed by atoms with Gasteiger partial charge in [0, 0.05) is 30.9 Å². The number of rotatable bonds is 2. The highest BCUT2D eigenvalue weighted by Gasteiger charge is 2.37. The zero-order valence-electron chi connectivity index (χ0n) is 14.3. The monoisotopic (exact) mass is 338 g/mol. The lowest BCUT2D eigenvalue weighted by molar-refractivity contribution is -0.112. The summed E-state index contributed by atoms with van der Waals surface area (Å²) >= 11 is 0. The van der Waals surface area contributed by atoms with Crippen molar-refractivity contribution in [3.8, 4) is 5.75 Å². The molecule has 0 saturated carbocycles. The lowest BCUT2D eigenvalue weighted by Crippen LogP contribution is -2.22. The standard InChI is InChI=1S/C20H19FN2O2/c1-22-11-5-8-17(22)19-14-6-3-4-7-16(14)23(20(19)24)13-9-10-18(25-2)15(21)12-13/h3-4,6-7,9-10,12H,5,8,11H2,1-2H3/b19-17+. The van der Waals surface area contributed by atoms with Crippen LogP contribution in [0.3, 0.4) is 0 Å². The molecule has 2 heterocycles. The Bertz CT molecular complexity index is 891. The van der Waals surface area contributed by atoms with Gasteiger partial charge in [0.2, 0.25) is 0 Å². The molecular formula is C20H19FN2O2. The summed E-state index contributed by atoms with van der Waals surface area (Å²) in [6.45, 7) is 0.950. The Labute approximate surface area is 146 Å². The van der Waals surface area contributed by atoms with Crippen LogP contribution in [0.25, 0.3) is 5.57 Å². The summed E-state index contributed by atoms with van der Waals surface area (Å²) in [5, 5.41) is 0. The molecule has 128 valence electrons. The zero-order valence-corrected chi connectivity index (χ0v) is 14.3. The van der Waals surface area contributed by atoms with Gasteiger partial charge < -0.3 is 9.64 Å². The van der Waals surface area contributed by atoms with E-state index in [-0.39, 0.29) is 11.7 Å². The molecule has 25 heavy (non-hydrogen) atoms. The van der Waals surface area contributed by atoms with Crippen molar-refractivity contribution in [2.45, 2.75) is 12.8 Å². The van der Waals surface area contributed by atoms with Crippen LogP contribution in [0.2, 0.25) is 0 Å². The maximum Gasteiger partial charge on any atom is 0.265 e. The molecule has 4 nitrogen and oxygen atoms in total. The third-order valence-electron chi connectivity index (χ3n) is 4.88. The number of para-hydroxylation sites is 1. The van der Waals surface area contributed by atoms with Crippen molar-refractivity contribution in [2.75, 3.05) is 25.6 Å². The van der Waals surface area contributed by atoms with Crippen molar-refractivity contribution in [3.63, 3.8) is 0 Å². The second-order valence-corrected chi connectivity index (χ2v) is 6.32. The maximum atomic E-state index is 14.2. The van der Waals surface area contributed by atoms with Gasteiger partial charge >= 0.3 is 0 Å². The van der Waals surface area contributed by atoms with Gasteiger partial charge in [0.15, 0.2) is 11.6 Å². The summed E-state index contributed by atoms with van der Waals surface area (Å²) in [5.41, 5.74) is 4.00. The average Bonchev–Trinajstić information content (AvgIpc) is 3.14. The molecule has 5 heteroatoms. The minimum absolute atomic E-state index is 0.102. The van der Waals surface area contributed by atoms with Crippen LogP contribution in [0, 0.1) is 5.82 Å². The fourth-order valence-corrected chi connectivity index (χ4v) is 3.67. The number of halogens is 1. The Morgan fingerprint density at radius 1 is 1.16 bits per heavy atom. The predicted octanol–water partition coefficient (Wildman–Crippen LogP) is 3.95. The minimum atomic E-state index is -0.482. The normalized spacial score (nSPS) is 19.6. The summed E-state index contributed by atoms with van der Waals surface area (Å²) in [6, 6.07) is 12.3. The number of amides is 1. The second-order valence-electron chi connectivity index (χ2n) is 6.32. The van der Waals surface area contributed by atoms with Crippen LogP contribution in [-0.2, 0) is 4.79 Å². The fourth-order valence-electron chi connectivity index (χ4n) is 3.67. The summed E-state index contributed by atoms with van der Waals surface area (Å²) < 4.78 is 19.2. The molecule has 1 amide bonds. The number of carbonyl (C=O) groups excluding carboxylic acids is 1. The van der Waals surface area contributed by atoms with Crippen LogP contribution in [-0.4, -0.2) is 31.5 Å². The first-order chi connectivity index (χ1) is 12.1. The van der Waals surface area contributed by atoms with E-state index in [0.717, 1.165) is 41.9 Å². The van der Waals surface area contributed by atoms with Gasteiger partial charge in [0.25, 0.3) is 5.91 Å². The number of carbonyl (C=O) groups is 1. The topological polar surface area (TPSA) is 32.8 Å². The van der Waals surface area contributed by atoms with Crippen molar-refractivity contribution in [1.29, 1.82) is 0 Å². The molecule has 0 radical (unpaired) electrons. The van der Waals surface area contributed by atoms with Crippen LogP contribution >= 0.6 is 0 Å². The fraction of sp³-hybridized carbons (Fsp3) is 0.250. The third kappa shape index (κ3) is 2.38. The molecule has 2 aliphatic heterocycles. The first-order valence-electron chi connectivity index (χ1n) is 8.33. The molecule has 0 spiro atoms. The van der Waals surface area contributed by atoms with Crippen molar-refractivity contribution in [3.05, 3.63) is 59.5 Å². The molecule has 2 aromatic rings. The zero-order chi connectivity index (χ0) is 17.6. The van der Waals surface area contributed by atoms with Gasteiger partial charge in [-0.15, -0.1) is 0 Å². The van der Waals surface area contributed by atoms with E-state index >= 15 is 0 Å². The summed E-state index contributed by atoms with van der Waals surface area (Å²) in [7, 11) is 3.44. The van der Waals surface area contributed by atoms with E-state index in [1.165, 1.54) is 13.2 Å². The van der Waals surface area contributed by atoms with E-state index in [1.54, 1.807) is 17.0 Å². The van der Waals surface area contributed by atoms with Crippen LogP contribution in [0.15, 0.2) is 48.2 Å². The lowest BCUT2D eigenvalue weighted by Gasteiger charge is -2.19. The van der Waals surface area contributed by atoms with Gasteiger partial charge in [0.1, 0.15) is 0 Å². The van der Waals surface area contributed by atoms with E-state index in [4.69, 9.17) is 4.74 Å². The number of allylic oxidation sites excluding steroid dienone is 1. The van der Waals surface area contributed by atoms with E-state index in [9.17, 15) is 9.18 Å². The highest BCUT2D eigenvalue weighted by molar-refractivity contribution is 6.35. The molecule has 0 unspecified atom stereocenters. The number of likely N-dealkylation sites (tertiary alicyclic amines) is 1. The van der Waals surface area contributed by atoms with Crippen LogP contribution in [0.4, 0.5) is 15.8 Å². The maximum absolute atomic E-state index is 14.2. The van der Waals surface area contributed by atoms with E-state index in [0.29, 0.717) is 5.69 Å². The molecule has 0 atom stereocenters. The molecule has 0 aliphatic carbocycles. The van der Waals surface area contributed by atoms with Crippen LogP contribution in [0.1, 0.15) is 18.4 Å². The SMILES string of the molecule is COc1ccc(N2C(=O)/C(=C3\CCCN3C)c3ccccc32)cc1F. The van der Waals surface area contributed by atoms with Gasteiger partial charge in [-0.05, 0) is 31.0 Å². The van der Waals surface area contributed by atoms with Gasteiger partial charge in [-0.2, -0.15) is 0 Å². The average molecular weight is 338 g/mol. The lowest BCUT2D eigenvalue weighted by atomic mass is 10.0. The van der Waals surface area contributed by atoms with Crippen molar-refractivity contribution < 1.29 is 13.9 Å². The molecule has 1 fully saturated rings. The summed E-state index contributed by atoms with van der Waals surface area (Å²) in [5.74, 6) is -0.420. The smallest absolute Gasteiger partial charge is 0.265 e. The summed E-state index contributed by atoms with van der Waals surface area (Å²) in [6.07, 6.45) is 1.93. The Morgan fingerprint density at radius 2 is 1.96 bits per heavy atom. The van der Waals surface area contributed by atoms with Crippen molar-refractivity contribution >= 4 is 22.9 Å². The quantitative estimate of drug-likeness (QED) is 0.777.